The van der Waals surface area contributed by atoms with Gasteiger partial charge >= 0.3 is 0 Å². The van der Waals surface area contributed by atoms with Crippen molar-refractivity contribution in [1.82, 2.24) is 9.44 Å². The molecule has 0 aliphatic rings. The molecule has 0 spiro atoms. The second-order valence-corrected chi connectivity index (χ2v) is 5.51. The molecule has 15 heavy (non-hydrogen) atoms. The molecule has 0 amide bonds. The van der Waals surface area contributed by atoms with E-state index in [4.69, 9.17) is 5.11 Å². The Hall–Kier alpha value is -0.170. The summed E-state index contributed by atoms with van der Waals surface area (Å²) in [4.78, 5) is 0. The first kappa shape index (κ1) is 14.8. The van der Waals surface area contributed by atoms with Gasteiger partial charge in [0.05, 0.1) is 0 Å². The first-order valence-corrected chi connectivity index (χ1v) is 6.81. The van der Waals surface area contributed by atoms with Gasteiger partial charge in [-0.2, -0.15) is 8.42 Å². The van der Waals surface area contributed by atoms with Crippen LogP contribution < -0.4 is 9.44 Å². The Balaban J connectivity index is 3.56. The van der Waals surface area contributed by atoms with Gasteiger partial charge in [-0.05, 0) is 25.2 Å². The maximum Gasteiger partial charge on any atom is 0.276 e. The fourth-order valence-corrected chi connectivity index (χ4v) is 2.02. The van der Waals surface area contributed by atoms with Crippen molar-refractivity contribution in [3.8, 4) is 0 Å². The van der Waals surface area contributed by atoms with Gasteiger partial charge in [0.15, 0.2) is 0 Å². The van der Waals surface area contributed by atoms with Gasteiger partial charge in [0.25, 0.3) is 10.2 Å². The van der Waals surface area contributed by atoms with Crippen molar-refractivity contribution in [2.45, 2.75) is 33.1 Å². The molecule has 0 saturated heterocycles. The van der Waals surface area contributed by atoms with Crippen LogP contribution in [0.15, 0.2) is 0 Å². The highest BCUT2D eigenvalue weighted by Gasteiger charge is 2.08. The Morgan fingerprint density at radius 2 is 1.80 bits per heavy atom. The average molecular weight is 238 g/mol. The average Bonchev–Trinajstić information content (AvgIpc) is 2.15. The number of aliphatic hydroxyl groups excluding tert-OH is 1. The van der Waals surface area contributed by atoms with Crippen LogP contribution in [0, 0.1) is 5.92 Å². The van der Waals surface area contributed by atoms with E-state index in [0.29, 0.717) is 19.0 Å². The fourth-order valence-electron chi connectivity index (χ4n) is 0.948. The van der Waals surface area contributed by atoms with Crippen LogP contribution in [0.1, 0.15) is 33.1 Å². The van der Waals surface area contributed by atoms with E-state index in [2.05, 4.69) is 9.44 Å². The summed E-state index contributed by atoms with van der Waals surface area (Å²) < 4.78 is 27.5. The van der Waals surface area contributed by atoms with Gasteiger partial charge in [-0.25, -0.2) is 9.44 Å². The van der Waals surface area contributed by atoms with Crippen molar-refractivity contribution in [2.75, 3.05) is 19.7 Å². The minimum absolute atomic E-state index is 0.165. The third-order valence-electron chi connectivity index (χ3n) is 1.81. The summed E-state index contributed by atoms with van der Waals surface area (Å²) in [5.41, 5.74) is 0. The molecule has 0 aliphatic carbocycles. The molecule has 0 heterocycles. The molecule has 0 atom stereocenters. The molecule has 0 rings (SSSR count). The first-order valence-electron chi connectivity index (χ1n) is 5.33. The van der Waals surface area contributed by atoms with Crippen molar-refractivity contribution < 1.29 is 13.5 Å². The molecule has 92 valence electrons. The quantitative estimate of drug-likeness (QED) is 0.503. The molecule has 0 bridgehead atoms. The van der Waals surface area contributed by atoms with Gasteiger partial charge in [-0.15, -0.1) is 0 Å². The predicted octanol–water partition coefficient (Wildman–Crippen LogP) is 0.229. The Labute approximate surface area is 92.4 Å². The predicted molar refractivity (Wildman–Crippen MR) is 60.7 cm³/mol. The topological polar surface area (TPSA) is 78.4 Å². The van der Waals surface area contributed by atoms with E-state index in [1.54, 1.807) is 0 Å². The van der Waals surface area contributed by atoms with Crippen molar-refractivity contribution in [3.63, 3.8) is 0 Å². The summed E-state index contributed by atoms with van der Waals surface area (Å²) in [5, 5.41) is 8.52. The van der Waals surface area contributed by atoms with Crippen LogP contribution in [-0.2, 0) is 10.2 Å². The largest absolute Gasteiger partial charge is 0.396 e. The maximum atomic E-state index is 11.3. The molecule has 0 saturated carbocycles. The van der Waals surface area contributed by atoms with E-state index in [0.717, 1.165) is 19.3 Å². The van der Waals surface area contributed by atoms with Crippen LogP contribution in [-0.4, -0.2) is 33.2 Å². The first-order chi connectivity index (χ1) is 6.98. The molecule has 0 aromatic heterocycles. The molecule has 0 radical (unpaired) electrons. The zero-order valence-corrected chi connectivity index (χ0v) is 10.3. The van der Waals surface area contributed by atoms with Crippen LogP contribution in [0.4, 0.5) is 0 Å². The van der Waals surface area contributed by atoms with Gasteiger partial charge in [-0.1, -0.05) is 13.8 Å². The highest BCUT2D eigenvalue weighted by atomic mass is 32.2. The standard InChI is InChI=1S/C9H22N2O3S/c1-9(2)8-11-15(13,14)10-6-4-3-5-7-12/h9-12H,3-8H2,1-2H3. The normalized spacial score (nSPS) is 12.3. The zero-order valence-electron chi connectivity index (χ0n) is 9.49. The minimum Gasteiger partial charge on any atom is -0.396 e. The van der Waals surface area contributed by atoms with E-state index >= 15 is 0 Å². The molecule has 0 unspecified atom stereocenters. The highest BCUT2D eigenvalue weighted by molar-refractivity contribution is 7.87. The molecule has 5 nitrogen and oxygen atoms in total. The zero-order chi connectivity index (χ0) is 11.7. The molecule has 0 aromatic rings. The second-order valence-electron chi connectivity index (χ2n) is 3.92. The Morgan fingerprint density at radius 3 is 2.33 bits per heavy atom. The van der Waals surface area contributed by atoms with Crippen molar-refractivity contribution in [2.24, 2.45) is 5.92 Å². The number of unbranched alkanes of at least 4 members (excludes halogenated alkanes) is 2. The Kier molecular flexibility index (Phi) is 7.95. The maximum absolute atomic E-state index is 11.3. The molecule has 0 aliphatic heterocycles. The van der Waals surface area contributed by atoms with Gasteiger partial charge in [-0.3, -0.25) is 0 Å². The summed E-state index contributed by atoms with van der Waals surface area (Å²) in [5.74, 6) is 0.302. The number of nitrogens with one attached hydrogen (secondary N) is 2. The minimum atomic E-state index is -3.33. The number of rotatable bonds is 9. The van der Waals surface area contributed by atoms with Crippen molar-refractivity contribution in [1.29, 1.82) is 0 Å². The lowest BCUT2D eigenvalue weighted by Crippen LogP contribution is -2.38. The Bertz CT molecular complexity index is 240. The number of aliphatic hydroxyl groups is 1. The SMILES string of the molecule is CC(C)CNS(=O)(=O)NCCCCCO. The molecule has 0 fully saturated rings. The smallest absolute Gasteiger partial charge is 0.276 e. The van der Waals surface area contributed by atoms with E-state index < -0.39 is 10.2 Å². The van der Waals surface area contributed by atoms with Gasteiger partial charge in [0.2, 0.25) is 0 Å². The second kappa shape index (κ2) is 8.04. The Morgan fingerprint density at radius 1 is 1.13 bits per heavy atom. The van der Waals surface area contributed by atoms with E-state index in [1.807, 2.05) is 13.8 Å². The molecular formula is C9H22N2O3S. The van der Waals surface area contributed by atoms with E-state index in [-0.39, 0.29) is 6.61 Å². The summed E-state index contributed by atoms with van der Waals surface area (Å²) in [6, 6.07) is 0. The lowest BCUT2D eigenvalue weighted by molar-refractivity contribution is 0.283. The van der Waals surface area contributed by atoms with Crippen LogP contribution in [0.25, 0.3) is 0 Å². The number of hydrogen-bond acceptors (Lipinski definition) is 3. The van der Waals surface area contributed by atoms with Crippen LogP contribution in [0.3, 0.4) is 0 Å². The third kappa shape index (κ3) is 10.1. The molecule has 0 aromatic carbocycles. The van der Waals surface area contributed by atoms with Crippen molar-refractivity contribution >= 4 is 10.2 Å². The highest BCUT2D eigenvalue weighted by Crippen LogP contribution is 1.93. The van der Waals surface area contributed by atoms with Crippen molar-refractivity contribution in [3.05, 3.63) is 0 Å². The third-order valence-corrected chi connectivity index (χ3v) is 2.94. The summed E-state index contributed by atoms with van der Waals surface area (Å²) in [6.45, 7) is 4.94. The lowest BCUT2D eigenvalue weighted by atomic mass is 10.2. The van der Waals surface area contributed by atoms with E-state index in [1.165, 1.54) is 0 Å². The van der Waals surface area contributed by atoms with Crippen LogP contribution in [0.2, 0.25) is 0 Å². The molecular weight excluding hydrogens is 216 g/mol. The van der Waals surface area contributed by atoms with E-state index in [9.17, 15) is 8.42 Å². The van der Waals surface area contributed by atoms with Crippen LogP contribution >= 0.6 is 0 Å². The van der Waals surface area contributed by atoms with Crippen LogP contribution in [0.5, 0.6) is 0 Å². The lowest BCUT2D eigenvalue weighted by Gasteiger charge is -2.09. The summed E-state index contributed by atoms with van der Waals surface area (Å²) in [6.07, 6.45) is 2.31. The molecule has 3 N–H and O–H groups in total. The summed E-state index contributed by atoms with van der Waals surface area (Å²) >= 11 is 0. The monoisotopic (exact) mass is 238 g/mol. The molecule has 6 heteroatoms. The van der Waals surface area contributed by atoms with Gasteiger partial charge in [0, 0.05) is 19.7 Å². The van der Waals surface area contributed by atoms with Gasteiger partial charge < -0.3 is 5.11 Å². The fraction of sp³-hybridized carbons (Fsp3) is 1.00. The van der Waals surface area contributed by atoms with Gasteiger partial charge in [0.1, 0.15) is 0 Å². The number of hydrogen-bond donors (Lipinski definition) is 3. The summed E-state index contributed by atoms with van der Waals surface area (Å²) in [7, 11) is -3.33.